The van der Waals surface area contributed by atoms with E-state index in [2.05, 4.69) is 210 Å². The van der Waals surface area contributed by atoms with Crippen molar-refractivity contribution in [2.24, 2.45) is 0 Å². The molecular formula is C52H34N2O. The Morgan fingerprint density at radius 1 is 0.400 bits per heavy atom. The molecular weight excluding hydrogens is 669 g/mol. The molecule has 0 atom stereocenters. The first-order valence-electron chi connectivity index (χ1n) is 18.8. The largest absolute Gasteiger partial charge is 0.455 e. The van der Waals surface area contributed by atoms with Gasteiger partial charge in [0.25, 0.3) is 0 Å². The molecule has 2 heterocycles. The summed E-state index contributed by atoms with van der Waals surface area (Å²) in [6.45, 7) is 0. The highest BCUT2D eigenvalue weighted by atomic mass is 16.3. The van der Waals surface area contributed by atoms with E-state index in [4.69, 9.17) is 4.42 Å². The number of nitrogens with zero attached hydrogens (tertiary/aromatic N) is 2. The van der Waals surface area contributed by atoms with Crippen molar-refractivity contribution in [2.75, 3.05) is 4.90 Å². The van der Waals surface area contributed by atoms with Gasteiger partial charge in [0.1, 0.15) is 11.2 Å². The Kier molecular flexibility index (Phi) is 7.17. The zero-order valence-electron chi connectivity index (χ0n) is 29.9. The average Bonchev–Trinajstić information content (AvgIpc) is 3.80. The number of furan rings is 1. The second-order valence-electron chi connectivity index (χ2n) is 14.1. The first-order chi connectivity index (χ1) is 27.3. The van der Waals surface area contributed by atoms with Gasteiger partial charge in [-0.25, -0.2) is 0 Å². The third-order valence-corrected chi connectivity index (χ3v) is 11.0. The summed E-state index contributed by atoms with van der Waals surface area (Å²) >= 11 is 0. The van der Waals surface area contributed by atoms with E-state index in [0.29, 0.717) is 0 Å². The van der Waals surface area contributed by atoms with E-state index in [1.54, 1.807) is 0 Å². The standard InChI is InChI=1S/C52H34N2O/c1-2-16-39(17-3-1)53(40-30-28-36(29-31-40)38-27-26-35-14-4-5-15-37(35)34-38)49-33-32-44-43-20-9-13-25-50(43)55-52(44)51(49)45-21-8-12-24-48(45)54-46-22-10-6-18-41(46)42-19-7-11-23-47(42)54/h1-34H. The summed E-state index contributed by atoms with van der Waals surface area (Å²) in [6, 6.07) is 73.9. The highest BCUT2D eigenvalue weighted by Gasteiger charge is 2.25. The number of hydrogen-bond donors (Lipinski definition) is 0. The predicted octanol–water partition coefficient (Wildman–Crippen LogP) is 14.6. The molecule has 0 amide bonds. The molecule has 3 heteroatoms. The number of fused-ring (bicyclic) bond motifs is 7. The molecule has 11 aromatic rings. The fourth-order valence-electron chi connectivity index (χ4n) is 8.46. The maximum atomic E-state index is 6.92. The summed E-state index contributed by atoms with van der Waals surface area (Å²) in [7, 11) is 0. The Hall–Kier alpha value is -7.36. The molecule has 0 aliphatic carbocycles. The third-order valence-electron chi connectivity index (χ3n) is 11.0. The minimum Gasteiger partial charge on any atom is -0.455 e. The summed E-state index contributed by atoms with van der Waals surface area (Å²) in [5, 5.41) is 7.13. The molecule has 3 nitrogen and oxygen atoms in total. The van der Waals surface area contributed by atoms with Crippen molar-refractivity contribution in [1.29, 1.82) is 0 Å². The Bertz CT molecular complexity index is 3150. The van der Waals surface area contributed by atoms with Gasteiger partial charge in [0.15, 0.2) is 0 Å². The molecule has 0 bridgehead atoms. The molecule has 11 rings (SSSR count). The summed E-state index contributed by atoms with van der Waals surface area (Å²) in [5.74, 6) is 0. The lowest BCUT2D eigenvalue weighted by molar-refractivity contribution is 0.670. The van der Waals surface area contributed by atoms with Crippen LogP contribution in [0.15, 0.2) is 211 Å². The van der Waals surface area contributed by atoms with Gasteiger partial charge in [-0.2, -0.15) is 0 Å². The number of rotatable bonds is 6. The van der Waals surface area contributed by atoms with Crippen LogP contribution in [0, 0.1) is 0 Å². The van der Waals surface area contributed by atoms with Gasteiger partial charge in [-0.3, -0.25) is 0 Å². The van der Waals surface area contributed by atoms with Crippen LogP contribution in [0.25, 0.3) is 82.5 Å². The van der Waals surface area contributed by atoms with Gasteiger partial charge in [0.05, 0.1) is 28.0 Å². The van der Waals surface area contributed by atoms with E-state index in [0.717, 1.165) is 55.8 Å². The molecule has 0 fully saturated rings. The van der Waals surface area contributed by atoms with Gasteiger partial charge >= 0.3 is 0 Å². The molecule has 0 aliphatic rings. The van der Waals surface area contributed by atoms with Crippen molar-refractivity contribution in [3.8, 4) is 27.9 Å². The fourth-order valence-corrected chi connectivity index (χ4v) is 8.46. The molecule has 0 radical (unpaired) electrons. The van der Waals surface area contributed by atoms with E-state index >= 15 is 0 Å². The first kappa shape index (κ1) is 31.2. The van der Waals surface area contributed by atoms with E-state index < -0.39 is 0 Å². The number of hydrogen-bond acceptors (Lipinski definition) is 2. The maximum Gasteiger partial charge on any atom is 0.145 e. The zero-order valence-corrected chi connectivity index (χ0v) is 29.9. The number of anilines is 3. The summed E-state index contributed by atoms with van der Waals surface area (Å²) in [4.78, 5) is 2.37. The molecule has 0 unspecified atom stereocenters. The summed E-state index contributed by atoms with van der Waals surface area (Å²) in [6.07, 6.45) is 0. The van der Waals surface area contributed by atoms with Gasteiger partial charge in [0, 0.05) is 38.5 Å². The lowest BCUT2D eigenvalue weighted by atomic mass is 9.96. The van der Waals surface area contributed by atoms with Crippen molar-refractivity contribution < 1.29 is 4.42 Å². The number of benzene rings is 9. The second-order valence-corrected chi connectivity index (χ2v) is 14.1. The van der Waals surface area contributed by atoms with Crippen molar-refractivity contribution >= 4 is 71.6 Å². The van der Waals surface area contributed by atoms with Crippen LogP contribution in [-0.4, -0.2) is 4.57 Å². The smallest absolute Gasteiger partial charge is 0.145 e. The van der Waals surface area contributed by atoms with Crippen LogP contribution in [0.1, 0.15) is 0 Å². The van der Waals surface area contributed by atoms with Crippen LogP contribution in [0.4, 0.5) is 17.1 Å². The second kappa shape index (κ2) is 12.6. The number of para-hydroxylation sites is 5. The van der Waals surface area contributed by atoms with Crippen LogP contribution in [0.2, 0.25) is 0 Å². The monoisotopic (exact) mass is 702 g/mol. The van der Waals surface area contributed by atoms with Crippen LogP contribution in [-0.2, 0) is 0 Å². The molecule has 9 aromatic carbocycles. The van der Waals surface area contributed by atoms with E-state index in [9.17, 15) is 0 Å². The van der Waals surface area contributed by atoms with Gasteiger partial charge in [-0.1, -0.05) is 140 Å². The van der Waals surface area contributed by atoms with E-state index in [1.165, 1.54) is 43.7 Å². The maximum absolute atomic E-state index is 6.92. The SMILES string of the molecule is c1ccc(N(c2ccc(-c3ccc4ccccc4c3)cc2)c2ccc3c(oc4ccccc43)c2-c2ccccc2-n2c3ccccc3c3ccccc32)cc1. The van der Waals surface area contributed by atoms with Crippen molar-refractivity contribution in [2.45, 2.75) is 0 Å². The zero-order chi connectivity index (χ0) is 36.3. The predicted molar refractivity (Wildman–Crippen MR) is 231 cm³/mol. The topological polar surface area (TPSA) is 21.3 Å². The molecule has 55 heavy (non-hydrogen) atoms. The van der Waals surface area contributed by atoms with Crippen LogP contribution in [0.3, 0.4) is 0 Å². The Labute approximate surface area is 318 Å². The van der Waals surface area contributed by atoms with Crippen molar-refractivity contribution in [1.82, 2.24) is 4.57 Å². The van der Waals surface area contributed by atoms with E-state index in [-0.39, 0.29) is 0 Å². The van der Waals surface area contributed by atoms with Gasteiger partial charge in [0.2, 0.25) is 0 Å². The van der Waals surface area contributed by atoms with Crippen LogP contribution >= 0.6 is 0 Å². The lowest BCUT2D eigenvalue weighted by Gasteiger charge is -2.29. The minimum atomic E-state index is 0.862. The molecule has 0 spiro atoms. The molecule has 0 aliphatic heterocycles. The molecule has 258 valence electrons. The molecule has 0 saturated carbocycles. The third kappa shape index (κ3) is 5.05. The van der Waals surface area contributed by atoms with Crippen molar-refractivity contribution in [3.05, 3.63) is 206 Å². The Balaban J connectivity index is 1.18. The van der Waals surface area contributed by atoms with E-state index in [1.807, 2.05) is 6.07 Å². The quantitative estimate of drug-likeness (QED) is 0.172. The van der Waals surface area contributed by atoms with Crippen LogP contribution < -0.4 is 4.90 Å². The lowest BCUT2D eigenvalue weighted by Crippen LogP contribution is -2.11. The average molecular weight is 703 g/mol. The van der Waals surface area contributed by atoms with Crippen LogP contribution in [0.5, 0.6) is 0 Å². The van der Waals surface area contributed by atoms with Gasteiger partial charge in [-0.15, -0.1) is 0 Å². The number of aromatic nitrogens is 1. The molecule has 2 aromatic heterocycles. The van der Waals surface area contributed by atoms with Gasteiger partial charge in [-0.05, 0) is 88.6 Å². The minimum absolute atomic E-state index is 0.862. The Morgan fingerprint density at radius 2 is 1.00 bits per heavy atom. The normalized spacial score (nSPS) is 11.6. The molecule has 0 saturated heterocycles. The van der Waals surface area contributed by atoms with Gasteiger partial charge < -0.3 is 13.9 Å². The summed E-state index contributed by atoms with van der Waals surface area (Å²) < 4.78 is 9.34. The Morgan fingerprint density at radius 3 is 1.78 bits per heavy atom. The summed E-state index contributed by atoms with van der Waals surface area (Å²) in [5.41, 5.74) is 12.8. The van der Waals surface area contributed by atoms with Crippen molar-refractivity contribution in [3.63, 3.8) is 0 Å². The molecule has 0 N–H and O–H groups in total. The first-order valence-corrected chi connectivity index (χ1v) is 18.8. The highest BCUT2D eigenvalue weighted by Crippen LogP contribution is 2.49. The fraction of sp³-hybridized carbons (Fsp3) is 0. The highest BCUT2D eigenvalue weighted by molar-refractivity contribution is 6.15.